The van der Waals surface area contributed by atoms with E-state index in [1.54, 1.807) is 0 Å². The van der Waals surface area contributed by atoms with E-state index in [9.17, 15) is 0 Å². The molecule has 0 aliphatic carbocycles. The number of hydrogen-bond donors (Lipinski definition) is 1. The first kappa shape index (κ1) is 14.8. The van der Waals surface area contributed by atoms with E-state index in [1.807, 2.05) is 13.1 Å². The van der Waals surface area contributed by atoms with E-state index >= 15 is 0 Å². The third kappa shape index (κ3) is 2.78. The molecule has 0 fully saturated rings. The van der Waals surface area contributed by atoms with Crippen LogP contribution in [0.4, 0.5) is 5.69 Å². The Morgan fingerprint density at radius 3 is 2.60 bits per heavy atom. The van der Waals surface area contributed by atoms with Crippen molar-refractivity contribution in [3.05, 3.63) is 36.0 Å². The maximum atomic E-state index is 4.73. The molecule has 0 atom stereocenters. The molecule has 0 saturated heterocycles. The summed E-state index contributed by atoms with van der Waals surface area (Å²) in [4.78, 5) is 7.10. The highest BCUT2D eigenvalue weighted by molar-refractivity contribution is 5.92. The SMILES string of the molecule is CCC(C)(C)N(C)c1cc(CNC)nc2ccccc12. The molecular formula is C17H25N3. The molecule has 1 aromatic heterocycles. The molecule has 1 aromatic carbocycles. The van der Waals surface area contributed by atoms with Crippen molar-refractivity contribution in [3.8, 4) is 0 Å². The van der Waals surface area contributed by atoms with Crippen LogP contribution in [0.3, 0.4) is 0 Å². The second-order valence-corrected chi connectivity index (χ2v) is 5.91. The van der Waals surface area contributed by atoms with Gasteiger partial charge in [0.15, 0.2) is 0 Å². The molecule has 0 aliphatic heterocycles. The van der Waals surface area contributed by atoms with Gasteiger partial charge in [0.1, 0.15) is 0 Å². The number of nitrogens with one attached hydrogen (secondary N) is 1. The molecule has 0 bridgehead atoms. The van der Waals surface area contributed by atoms with Crippen LogP contribution in [-0.2, 0) is 6.54 Å². The van der Waals surface area contributed by atoms with Gasteiger partial charge in [-0.3, -0.25) is 4.98 Å². The Kier molecular flexibility index (Phi) is 4.29. The Morgan fingerprint density at radius 2 is 1.95 bits per heavy atom. The molecule has 3 heteroatoms. The van der Waals surface area contributed by atoms with E-state index in [2.05, 4.69) is 62.3 Å². The minimum absolute atomic E-state index is 0.126. The fourth-order valence-corrected chi connectivity index (χ4v) is 2.32. The van der Waals surface area contributed by atoms with Gasteiger partial charge in [-0.2, -0.15) is 0 Å². The van der Waals surface area contributed by atoms with Gasteiger partial charge in [0.25, 0.3) is 0 Å². The average molecular weight is 271 g/mol. The van der Waals surface area contributed by atoms with Crippen molar-refractivity contribution in [2.45, 2.75) is 39.3 Å². The smallest absolute Gasteiger partial charge is 0.0726 e. The van der Waals surface area contributed by atoms with Crippen LogP contribution in [-0.4, -0.2) is 24.6 Å². The average Bonchev–Trinajstić information content (AvgIpc) is 2.46. The summed E-state index contributed by atoms with van der Waals surface area (Å²) in [6.45, 7) is 7.58. The van der Waals surface area contributed by atoms with Crippen LogP contribution in [0, 0.1) is 0 Å². The van der Waals surface area contributed by atoms with Crippen LogP contribution in [0.25, 0.3) is 10.9 Å². The molecule has 0 aliphatic rings. The van der Waals surface area contributed by atoms with Crippen LogP contribution in [0.15, 0.2) is 30.3 Å². The third-order valence-corrected chi connectivity index (χ3v) is 4.24. The van der Waals surface area contributed by atoms with E-state index in [4.69, 9.17) is 4.98 Å². The van der Waals surface area contributed by atoms with Crippen molar-refractivity contribution in [3.63, 3.8) is 0 Å². The van der Waals surface area contributed by atoms with Crippen molar-refractivity contribution in [2.24, 2.45) is 0 Å². The number of aromatic nitrogens is 1. The van der Waals surface area contributed by atoms with Gasteiger partial charge >= 0.3 is 0 Å². The highest BCUT2D eigenvalue weighted by Gasteiger charge is 2.23. The van der Waals surface area contributed by atoms with Gasteiger partial charge in [-0.05, 0) is 39.4 Å². The first-order valence-electron chi connectivity index (χ1n) is 7.26. The van der Waals surface area contributed by atoms with Crippen LogP contribution < -0.4 is 10.2 Å². The molecule has 0 radical (unpaired) electrons. The zero-order valence-corrected chi connectivity index (χ0v) is 13.2. The van der Waals surface area contributed by atoms with E-state index in [0.29, 0.717) is 0 Å². The molecule has 20 heavy (non-hydrogen) atoms. The van der Waals surface area contributed by atoms with Crippen LogP contribution >= 0.6 is 0 Å². The molecule has 2 rings (SSSR count). The summed E-state index contributed by atoms with van der Waals surface area (Å²) in [6, 6.07) is 10.6. The molecule has 1 heterocycles. The fourth-order valence-electron chi connectivity index (χ4n) is 2.32. The summed E-state index contributed by atoms with van der Waals surface area (Å²) in [6.07, 6.45) is 1.10. The Labute approximate surface area is 122 Å². The van der Waals surface area contributed by atoms with E-state index < -0.39 is 0 Å². The first-order chi connectivity index (χ1) is 9.49. The fraction of sp³-hybridized carbons (Fsp3) is 0.471. The molecule has 108 valence electrons. The molecule has 0 amide bonds. The summed E-state index contributed by atoms with van der Waals surface area (Å²) < 4.78 is 0. The predicted molar refractivity (Wildman–Crippen MR) is 87.3 cm³/mol. The molecule has 0 saturated carbocycles. The molecule has 2 aromatic rings. The lowest BCUT2D eigenvalue weighted by Gasteiger charge is -2.37. The van der Waals surface area contributed by atoms with Gasteiger partial charge in [-0.1, -0.05) is 25.1 Å². The van der Waals surface area contributed by atoms with Crippen molar-refractivity contribution in [2.75, 3.05) is 19.0 Å². The Bertz CT molecular complexity index is 590. The lowest BCUT2D eigenvalue weighted by Crippen LogP contribution is -2.40. The standard InChI is InChI=1S/C17H25N3/c1-6-17(2,3)20(5)16-11-13(12-18-4)19-15-10-8-7-9-14(15)16/h7-11,18H,6,12H2,1-5H3. The summed E-state index contributed by atoms with van der Waals surface area (Å²) in [5.74, 6) is 0. The minimum Gasteiger partial charge on any atom is -0.369 e. The topological polar surface area (TPSA) is 28.2 Å². The Hall–Kier alpha value is -1.61. The van der Waals surface area contributed by atoms with Crippen molar-refractivity contribution < 1.29 is 0 Å². The molecular weight excluding hydrogens is 246 g/mol. The van der Waals surface area contributed by atoms with E-state index in [0.717, 1.165) is 24.2 Å². The van der Waals surface area contributed by atoms with Gasteiger partial charge in [0, 0.05) is 30.2 Å². The lowest BCUT2D eigenvalue weighted by molar-refractivity contribution is 0.471. The second-order valence-electron chi connectivity index (χ2n) is 5.91. The quantitative estimate of drug-likeness (QED) is 0.901. The molecule has 3 nitrogen and oxygen atoms in total. The number of anilines is 1. The summed E-state index contributed by atoms with van der Waals surface area (Å²) in [5.41, 5.74) is 3.53. The normalized spacial score (nSPS) is 11.8. The summed E-state index contributed by atoms with van der Waals surface area (Å²) in [5, 5.41) is 4.41. The van der Waals surface area contributed by atoms with Crippen molar-refractivity contribution >= 4 is 16.6 Å². The zero-order valence-electron chi connectivity index (χ0n) is 13.2. The summed E-state index contributed by atoms with van der Waals surface area (Å²) in [7, 11) is 4.13. The Balaban J connectivity index is 2.60. The number of hydrogen-bond acceptors (Lipinski definition) is 3. The minimum atomic E-state index is 0.126. The van der Waals surface area contributed by atoms with Gasteiger partial charge in [-0.25, -0.2) is 0 Å². The highest BCUT2D eigenvalue weighted by Crippen LogP contribution is 2.31. The van der Waals surface area contributed by atoms with Crippen LogP contribution in [0.5, 0.6) is 0 Å². The lowest BCUT2D eigenvalue weighted by atomic mass is 9.98. The second kappa shape index (κ2) is 5.80. The van der Waals surface area contributed by atoms with Gasteiger partial charge in [0.2, 0.25) is 0 Å². The number of pyridine rings is 1. The zero-order chi connectivity index (χ0) is 14.8. The molecule has 1 N–H and O–H groups in total. The number of para-hydroxylation sites is 1. The monoisotopic (exact) mass is 271 g/mol. The maximum Gasteiger partial charge on any atom is 0.0726 e. The van der Waals surface area contributed by atoms with Crippen LogP contribution in [0.1, 0.15) is 32.9 Å². The maximum absolute atomic E-state index is 4.73. The Morgan fingerprint density at radius 1 is 1.25 bits per heavy atom. The largest absolute Gasteiger partial charge is 0.369 e. The van der Waals surface area contributed by atoms with Crippen molar-refractivity contribution in [1.82, 2.24) is 10.3 Å². The van der Waals surface area contributed by atoms with E-state index in [-0.39, 0.29) is 5.54 Å². The number of nitrogens with zero attached hydrogens (tertiary/aromatic N) is 2. The van der Waals surface area contributed by atoms with Gasteiger partial charge < -0.3 is 10.2 Å². The number of rotatable bonds is 5. The summed E-state index contributed by atoms with van der Waals surface area (Å²) >= 11 is 0. The predicted octanol–water partition coefficient (Wildman–Crippen LogP) is 3.58. The molecule has 0 unspecified atom stereocenters. The van der Waals surface area contributed by atoms with Gasteiger partial charge in [0.05, 0.1) is 11.2 Å². The highest BCUT2D eigenvalue weighted by atomic mass is 15.2. The van der Waals surface area contributed by atoms with E-state index in [1.165, 1.54) is 11.1 Å². The molecule has 0 spiro atoms. The number of benzene rings is 1. The van der Waals surface area contributed by atoms with Gasteiger partial charge in [-0.15, -0.1) is 0 Å². The first-order valence-corrected chi connectivity index (χ1v) is 7.26. The third-order valence-electron chi connectivity index (χ3n) is 4.24. The number of fused-ring (bicyclic) bond motifs is 1. The van der Waals surface area contributed by atoms with Crippen molar-refractivity contribution in [1.29, 1.82) is 0 Å². The van der Waals surface area contributed by atoms with Crippen LogP contribution in [0.2, 0.25) is 0 Å².